The number of halogens is 2. The molecule has 0 spiro atoms. The van der Waals surface area contributed by atoms with Crippen LogP contribution in [0.3, 0.4) is 0 Å². The molecule has 136 valence electrons. The van der Waals surface area contributed by atoms with Gasteiger partial charge in [0, 0.05) is 5.69 Å². The molecule has 0 aliphatic rings. The number of thiocarbonyl (C=S) groups is 1. The van der Waals surface area contributed by atoms with Crippen LogP contribution in [-0.2, 0) is 6.54 Å². The summed E-state index contributed by atoms with van der Waals surface area (Å²) in [5, 5.41) is 10.9. The van der Waals surface area contributed by atoms with E-state index in [0.29, 0.717) is 21.7 Å². The molecule has 27 heavy (non-hydrogen) atoms. The quantitative estimate of drug-likeness (QED) is 0.305. The average molecular weight is 414 g/mol. The number of anilines is 1. The highest BCUT2D eigenvalue weighted by atomic mass is 35.5. The number of benzene rings is 3. The minimum absolute atomic E-state index is 0.462. The zero-order valence-electron chi connectivity index (χ0n) is 14.3. The predicted molar refractivity (Wildman–Crippen MR) is 119 cm³/mol. The monoisotopic (exact) mass is 413 g/mol. The second-order valence-electron chi connectivity index (χ2n) is 5.76. The van der Waals surface area contributed by atoms with E-state index in [1.54, 1.807) is 23.4 Å². The molecule has 3 nitrogen and oxygen atoms in total. The molecule has 0 aliphatic carbocycles. The van der Waals surface area contributed by atoms with Gasteiger partial charge in [-0.1, -0.05) is 83.9 Å². The third kappa shape index (κ3) is 5.79. The molecule has 3 aromatic rings. The third-order valence-electron chi connectivity index (χ3n) is 3.73. The van der Waals surface area contributed by atoms with Crippen LogP contribution >= 0.6 is 35.4 Å². The highest BCUT2D eigenvalue weighted by molar-refractivity contribution is 7.80. The maximum Gasteiger partial charge on any atom is 0.194 e. The van der Waals surface area contributed by atoms with E-state index in [2.05, 4.69) is 10.4 Å². The molecule has 0 bridgehead atoms. The van der Waals surface area contributed by atoms with E-state index in [1.165, 1.54) is 0 Å². The molecule has 0 fully saturated rings. The van der Waals surface area contributed by atoms with Crippen molar-refractivity contribution in [2.45, 2.75) is 6.54 Å². The molecule has 1 N–H and O–H groups in total. The van der Waals surface area contributed by atoms with Gasteiger partial charge in [0.15, 0.2) is 5.11 Å². The molecule has 0 unspecified atom stereocenters. The van der Waals surface area contributed by atoms with Crippen molar-refractivity contribution >= 4 is 52.4 Å². The van der Waals surface area contributed by atoms with Crippen molar-refractivity contribution in [3.05, 3.63) is 100 Å². The lowest BCUT2D eigenvalue weighted by molar-refractivity contribution is 0.448. The van der Waals surface area contributed by atoms with E-state index in [9.17, 15) is 0 Å². The molecule has 0 amide bonds. The summed E-state index contributed by atoms with van der Waals surface area (Å²) in [4.78, 5) is 0. The molecule has 0 aromatic heterocycles. The summed E-state index contributed by atoms with van der Waals surface area (Å²) in [6.45, 7) is 0.539. The summed E-state index contributed by atoms with van der Waals surface area (Å²) in [6.07, 6.45) is 1.78. The van der Waals surface area contributed by atoms with Crippen molar-refractivity contribution in [1.82, 2.24) is 5.01 Å². The van der Waals surface area contributed by atoms with Gasteiger partial charge in [0.1, 0.15) is 0 Å². The van der Waals surface area contributed by atoms with Crippen LogP contribution in [0.4, 0.5) is 5.69 Å². The Kier molecular flexibility index (Phi) is 6.82. The molecular weight excluding hydrogens is 397 g/mol. The summed E-state index contributed by atoms with van der Waals surface area (Å²) >= 11 is 17.6. The Bertz CT molecular complexity index is 931. The van der Waals surface area contributed by atoms with Gasteiger partial charge in [0.2, 0.25) is 0 Å². The Morgan fingerprint density at radius 2 is 1.59 bits per heavy atom. The largest absolute Gasteiger partial charge is 0.331 e. The van der Waals surface area contributed by atoms with Gasteiger partial charge in [0.05, 0.1) is 22.8 Å². The maximum atomic E-state index is 6.09. The van der Waals surface area contributed by atoms with Crippen LogP contribution in [0.2, 0.25) is 10.0 Å². The second-order valence-corrected chi connectivity index (χ2v) is 6.96. The van der Waals surface area contributed by atoms with Crippen LogP contribution in [0.1, 0.15) is 11.1 Å². The molecule has 0 radical (unpaired) electrons. The fourth-order valence-electron chi connectivity index (χ4n) is 2.36. The zero-order chi connectivity index (χ0) is 19.1. The number of nitrogens with one attached hydrogen (secondary N) is 1. The molecular formula is C21H17Cl2N3S. The van der Waals surface area contributed by atoms with E-state index >= 15 is 0 Å². The van der Waals surface area contributed by atoms with E-state index in [4.69, 9.17) is 35.4 Å². The van der Waals surface area contributed by atoms with Crippen molar-refractivity contribution in [2.75, 3.05) is 5.32 Å². The first-order chi connectivity index (χ1) is 13.1. The van der Waals surface area contributed by atoms with Crippen molar-refractivity contribution in [1.29, 1.82) is 0 Å². The molecule has 0 saturated carbocycles. The molecule has 0 saturated heterocycles. The number of rotatable bonds is 5. The van der Waals surface area contributed by atoms with E-state index < -0.39 is 0 Å². The highest BCUT2D eigenvalue weighted by Gasteiger charge is 2.10. The highest BCUT2D eigenvalue weighted by Crippen LogP contribution is 2.25. The lowest BCUT2D eigenvalue weighted by atomic mass is 10.2. The SMILES string of the molecule is S=C(Nc1ccc(Cl)c(Cl)c1)N(Cc1ccccc1)/N=C\c1ccccc1. The number of hydrogen-bond donors (Lipinski definition) is 1. The summed E-state index contributed by atoms with van der Waals surface area (Å²) in [5.74, 6) is 0. The van der Waals surface area contributed by atoms with Gasteiger partial charge in [-0.2, -0.15) is 5.10 Å². The molecule has 3 rings (SSSR count). The molecule has 6 heteroatoms. The predicted octanol–water partition coefficient (Wildman–Crippen LogP) is 6.23. The lowest BCUT2D eigenvalue weighted by Gasteiger charge is -2.21. The lowest BCUT2D eigenvalue weighted by Crippen LogP contribution is -2.30. The number of hydrogen-bond acceptors (Lipinski definition) is 2. The Hall–Kier alpha value is -2.40. The van der Waals surface area contributed by atoms with Crippen LogP contribution in [0.25, 0.3) is 0 Å². The van der Waals surface area contributed by atoms with Crippen molar-refractivity contribution in [3.63, 3.8) is 0 Å². The maximum absolute atomic E-state index is 6.09. The van der Waals surface area contributed by atoms with Gasteiger partial charge in [-0.25, -0.2) is 5.01 Å². The van der Waals surface area contributed by atoms with Gasteiger partial charge in [-0.3, -0.25) is 0 Å². The van der Waals surface area contributed by atoms with Crippen LogP contribution in [0, 0.1) is 0 Å². The van der Waals surface area contributed by atoms with E-state index in [1.807, 2.05) is 66.7 Å². The Morgan fingerprint density at radius 1 is 0.926 bits per heavy atom. The Morgan fingerprint density at radius 3 is 2.26 bits per heavy atom. The first kappa shape index (κ1) is 19.4. The van der Waals surface area contributed by atoms with Gasteiger partial charge in [-0.05, 0) is 41.5 Å². The molecule has 0 aliphatic heterocycles. The van der Waals surface area contributed by atoms with Crippen molar-refractivity contribution in [3.8, 4) is 0 Å². The van der Waals surface area contributed by atoms with Gasteiger partial charge >= 0.3 is 0 Å². The second kappa shape index (κ2) is 9.51. The third-order valence-corrected chi connectivity index (χ3v) is 4.78. The van der Waals surface area contributed by atoms with Crippen LogP contribution in [-0.4, -0.2) is 16.3 Å². The first-order valence-electron chi connectivity index (χ1n) is 8.28. The fourth-order valence-corrected chi connectivity index (χ4v) is 2.89. The Balaban J connectivity index is 1.80. The van der Waals surface area contributed by atoms with Crippen LogP contribution in [0.5, 0.6) is 0 Å². The Labute approximate surface area is 174 Å². The minimum atomic E-state index is 0.462. The summed E-state index contributed by atoms with van der Waals surface area (Å²) in [6, 6.07) is 25.2. The van der Waals surface area contributed by atoms with Gasteiger partial charge < -0.3 is 5.32 Å². The summed E-state index contributed by atoms with van der Waals surface area (Å²) in [5.41, 5.74) is 2.84. The van der Waals surface area contributed by atoms with Crippen molar-refractivity contribution in [2.24, 2.45) is 5.10 Å². The molecule has 3 aromatic carbocycles. The zero-order valence-corrected chi connectivity index (χ0v) is 16.7. The first-order valence-corrected chi connectivity index (χ1v) is 9.45. The van der Waals surface area contributed by atoms with Gasteiger partial charge in [-0.15, -0.1) is 0 Å². The van der Waals surface area contributed by atoms with E-state index in [-0.39, 0.29) is 0 Å². The van der Waals surface area contributed by atoms with Crippen molar-refractivity contribution < 1.29 is 0 Å². The number of nitrogens with zero attached hydrogens (tertiary/aromatic N) is 2. The molecule has 0 heterocycles. The summed E-state index contributed by atoms with van der Waals surface area (Å²) in [7, 11) is 0. The smallest absolute Gasteiger partial charge is 0.194 e. The van der Waals surface area contributed by atoms with Gasteiger partial charge in [0.25, 0.3) is 0 Å². The minimum Gasteiger partial charge on any atom is -0.331 e. The standard InChI is InChI=1S/C21H17Cl2N3S/c22-19-12-11-18(13-20(19)23)25-21(27)26(15-17-9-5-2-6-10-17)24-14-16-7-3-1-4-8-16/h1-14H,15H2,(H,25,27)/b24-14-. The fraction of sp³-hybridized carbons (Fsp3) is 0.0476. The van der Waals surface area contributed by atoms with E-state index in [0.717, 1.165) is 16.8 Å². The average Bonchev–Trinajstić information content (AvgIpc) is 2.69. The topological polar surface area (TPSA) is 27.6 Å². The molecule has 0 atom stereocenters. The number of hydrazone groups is 1. The normalized spacial score (nSPS) is 10.7. The van der Waals surface area contributed by atoms with Crippen LogP contribution < -0.4 is 5.32 Å². The van der Waals surface area contributed by atoms with Crippen LogP contribution in [0.15, 0.2) is 84.0 Å². The summed E-state index contributed by atoms with van der Waals surface area (Å²) < 4.78 is 0.